The van der Waals surface area contributed by atoms with E-state index < -0.39 is 23.8 Å². The molecule has 1 atom stereocenters. The van der Waals surface area contributed by atoms with Crippen molar-refractivity contribution in [1.29, 1.82) is 0 Å². The van der Waals surface area contributed by atoms with Gasteiger partial charge in [0.2, 0.25) is 0 Å². The first-order valence-electron chi connectivity index (χ1n) is 6.39. The summed E-state index contributed by atoms with van der Waals surface area (Å²) in [4.78, 5) is 23.7. The number of hydrogen-bond acceptors (Lipinski definition) is 3. The number of rotatable bonds is 4. The summed E-state index contributed by atoms with van der Waals surface area (Å²) in [5, 5.41) is 2.60. The van der Waals surface area contributed by atoms with Crippen molar-refractivity contribution in [1.82, 2.24) is 0 Å². The molecule has 0 aliphatic carbocycles. The number of ether oxygens (including phenoxy) is 1. The van der Waals surface area contributed by atoms with Crippen molar-refractivity contribution in [3.8, 4) is 0 Å². The van der Waals surface area contributed by atoms with Gasteiger partial charge in [0.1, 0.15) is 5.82 Å². The van der Waals surface area contributed by atoms with Gasteiger partial charge in [-0.25, -0.2) is 9.18 Å². The van der Waals surface area contributed by atoms with Gasteiger partial charge >= 0.3 is 5.97 Å². The second-order valence-electron chi connectivity index (χ2n) is 4.38. The summed E-state index contributed by atoms with van der Waals surface area (Å²) in [7, 11) is 0. The highest BCUT2D eigenvalue weighted by atomic mass is 19.1. The molecule has 0 aromatic heterocycles. The normalized spacial score (nSPS) is 11.5. The van der Waals surface area contributed by atoms with E-state index in [0.717, 1.165) is 6.07 Å². The van der Waals surface area contributed by atoms with Crippen LogP contribution in [0.25, 0.3) is 0 Å². The summed E-state index contributed by atoms with van der Waals surface area (Å²) in [5.41, 5.74) is 0.396. The first-order chi connectivity index (χ1) is 10.1. The Kier molecular flexibility index (Phi) is 4.66. The molecule has 0 heterocycles. The summed E-state index contributed by atoms with van der Waals surface area (Å²) in [6.07, 6.45) is -1.03. The van der Waals surface area contributed by atoms with E-state index >= 15 is 0 Å². The number of carbonyl (C=O) groups is 2. The molecule has 0 saturated heterocycles. The zero-order valence-electron chi connectivity index (χ0n) is 11.4. The number of halogens is 1. The van der Waals surface area contributed by atoms with Gasteiger partial charge in [0, 0.05) is 5.69 Å². The fourth-order valence-electron chi connectivity index (χ4n) is 1.67. The van der Waals surface area contributed by atoms with Crippen LogP contribution in [0.1, 0.15) is 17.3 Å². The lowest BCUT2D eigenvalue weighted by molar-refractivity contribution is -0.123. The number of para-hydroxylation sites is 1. The lowest BCUT2D eigenvalue weighted by Gasteiger charge is -2.13. The van der Waals surface area contributed by atoms with E-state index in [1.54, 1.807) is 24.3 Å². The van der Waals surface area contributed by atoms with E-state index in [9.17, 15) is 14.0 Å². The third kappa shape index (κ3) is 3.89. The Morgan fingerprint density at radius 2 is 1.67 bits per heavy atom. The van der Waals surface area contributed by atoms with Gasteiger partial charge in [0.05, 0.1) is 5.56 Å². The van der Waals surface area contributed by atoms with Gasteiger partial charge in [0.15, 0.2) is 6.10 Å². The molecule has 0 radical (unpaired) electrons. The van der Waals surface area contributed by atoms with Gasteiger partial charge in [-0.05, 0) is 31.2 Å². The molecule has 108 valence electrons. The molecule has 2 rings (SSSR count). The molecule has 2 aromatic rings. The molecule has 0 bridgehead atoms. The topological polar surface area (TPSA) is 55.4 Å². The minimum Gasteiger partial charge on any atom is -0.449 e. The van der Waals surface area contributed by atoms with E-state index in [1.165, 1.54) is 25.1 Å². The van der Waals surface area contributed by atoms with Crippen LogP contribution in [0.15, 0.2) is 54.6 Å². The molecule has 1 amide bonds. The van der Waals surface area contributed by atoms with E-state index in [4.69, 9.17) is 4.74 Å². The fraction of sp³-hybridized carbons (Fsp3) is 0.125. The van der Waals surface area contributed by atoms with Gasteiger partial charge in [-0.1, -0.05) is 30.3 Å². The summed E-state index contributed by atoms with van der Waals surface area (Å²) in [6.45, 7) is 1.43. The number of nitrogens with one attached hydrogen (secondary N) is 1. The Hall–Kier alpha value is -2.69. The van der Waals surface area contributed by atoms with Crippen molar-refractivity contribution in [3.05, 3.63) is 66.0 Å². The second-order valence-corrected chi connectivity index (χ2v) is 4.38. The number of esters is 1. The van der Waals surface area contributed by atoms with Crippen LogP contribution < -0.4 is 5.32 Å². The van der Waals surface area contributed by atoms with Crippen molar-refractivity contribution in [2.24, 2.45) is 0 Å². The fourth-order valence-corrected chi connectivity index (χ4v) is 1.67. The van der Waals surface area contributed by atoms with Crippen molar-refractivity contribution in [2.45, 2.75) is 13.0 Å². The molecule has 0 unspecified atom stereocenters. The third-order valence-corrected chi connectivity index (χ3v) is 2.79. The summed E-state index contributed by atoms with van der Waals surface area (Å²) in [6, 6.07) is 14.2. The Balaban J connectivity index is 1.98. The van der Waals surface area contributed by atoms with E-state index in [2.05, 4.69) is 5.32 Å². The molecular formula is C16H14FNO3. The zero-order chi connectivity index (χ0) is 15.2. The largest absolute Gasteiger partial charge is 0.449 e. The number of benzene rings is 2. The maximum Gasteiger partial charge on any atom is 0.341 e. The second kappa shape index (κ2) is 6.65. The summed E-state index contributed by atoms with van der Waals surface area (Å²) < 4.78 is 18.4. The van der Waals surface area contributed by atoms with E-state index in [1.807, 2.05) is 6.07 Å². The highest BCUT2D eigenvalue weighted by Gasteiger charge is 2.20. The molecule has 0 aliphatic heterocycles. The molecule has 4 nitrogen and oxygen atoms in total. The van der Waals surface area contributed by atoms with Crippen molar-refractivity contribution in [2.75, 3.05) is 5.32 Å². The minimum absolute atomic E-state index is 0.197. The molecule has 0 fully saturated rings. The maximum absolute atomic E-state index is 13.4. The van der Waals surface area contributed by atoms with Crippen LogP contribution in [0, 0.1) is 5.82 Å². The van der Waals surface area contributed by atoms with Gasteiger partial charge in [-0.3, -0.25) is 4.79 Å². The zero-order valence-corrected chi connectivity index (χ0v) is 11.4. The van der Waals surface area contributed by atoms with Crippen LogP contribution in [-0.2, 0) is 9.53 Å². The van der Waals surface area contributed by atoms with Crippen molar-refractivity contribution < 1.29 is 18.7 Å². The summed E-state index contributed by atoms with van der Waals surface area (Å²) >= 11 is 0. The average Bonchev–Trinajstić information content (AvgIpc) is 2.48. The smallest absolute Gasteiger partial charge is 0.341 e. The first kappa shape index (κ1) is 14.7. The highest BCUT2D eigenvalue weighted by Crippen LogP contribution is 2.11. The number of amides is 1. The lowest BCUT2D eigenvalue weighted by atomic mass is 10.2. The number of anilines is 1. The van der Waals surface area contributed by atoms with Crippen LogP contribution in [0.3, 0.4) is 0 Å². The van der Waals surface area contributed by atoms with Gasteiger partial charge in [0.25, 0.3) is 5.91 Å². The highest BCUT2D eigenvalue weighted by molar-refractivity contribution is 5.97. The predicted octanol–water partition coefficient (Wildman–Crippen LogP) is 3.01. The SMILES string of the molecule is C[C@H](OC(=O)c1ccccc1F)C(=O)Nc1ccccc1. The average molecular weight is 287 g/mol. The quantitative estimate of drug-likeness (QED) is 0.879. The number of carbonyl (C=O) groups excluding carboxylic acids is 2. The molecule has 0 spiro atoms. The van der Waals surface area contributed by atoms with Crippen LogP contribution in [0.2, 0.25) is 0 Å². The van der Waals surface area contributed by atoms with E-state index in [-0.39, 0.29) is 5.56 Å². The van der Waals surface area contributed by atoms with Crippen LogP contribution >= 0.6 is 0 Å². The first-order valence-corrected chi connectivity index (χ1v) is 6.39. The van der Waals surface area contributed by atoms with Crippen molar-refractivity contribution in [3.63, 3.8) is 0 Å². The minimum atomic E-state index is -1.03. The summed E-state index contributed by atoms with van der Waals surface area (Å²) in [5.74, 6) is -2.03. The molecule has 0 saturated carbocycles. The molecule has 2 aromatic carbocycles. The number of hydrogen-bond donors (Lipinski definition) is 1. The Labute approximate surface area is 121 Å². The molecule has 1 N–H and O–H groups in total. The monoisotopic (exact) mass is 287 g/mol. The van der Waals surface area contributed by atoms with Crippen LogP contribution in [0.5, 0.6) is 0 Å². The van der Waals surface area contributed by atoms with Gasteiger partial charge in [-0.2, -0.15) is 0 Å². The Bertz CT molecular complexity index is 643. The lowest BCUT2D eigenvalue weighted by Crippen LogP contribution is -2.30. The maximum atomic E-state index is 13.4. The Morgan fingerprint density at radius 1 is 1.05 bits per heavy atom. The van der Waals surface area contributed by atoms with Crippen LogP contribution in [0.4, 0.5) is 10.1 Å². The standard InChI is InChI=1S/C16H14FNO3/c1-11(15(19)18-12-7-3-2-4-8-12)21-16(20)13-9-5-6-10-14(13)17/h2-11H,1H3,(H,18,19)/t11-/m0/s1. The van der Waals surface area contributed by atoms with Crippen molar-refractivity contribution >= 4 is 17.6 Å². The molecular weight excluding hydrogens is 273 g/mol. The molecule has 0 aliphatic rings. The van der Waals surface area contributed by atoms with Gasteiger partial charge in [-0.15, -0.1) is 0 Å². The molecule has 21 heavy (non-hydrogen) atoms. The van der Waals surface area contributed by atoms with Gasteiger partial charge < -0.3 is 10.1 Å². The van der Waals surface area contributed by atoms with E-state index in [0.29, 0.717) is 5.69 Å². The Morgan fingerprint density at radius 3 is 2.33 bits per heavy atom. The predicted molar refractivity (Wildman–Crippen MR) is 76.3 cm³/mol. The molecule has 5 heteroatoms. The van der Waals surface area contributed by atoms with Crippen LogP contribution in [-0.4, -0.2) is 18.0 Å². The third-order valence-electron chi connectivity index (χ3n) is 2.79.